The molecule has 0 spiro atoms. The van der Waals surface area contributed by atoms with Crippen molar-refractivity contribution in [2.45, 2.75) is 0 Å². The molecular formula is CH5CaFeNS2. The van der Waals surface area contributed by atoms with Gasteiger partial charge in [0.25, 0.3) is 0 Å². The SMILES string of the molecule is NC(=S)S.[Ca+2].[Fe].[H-].[H-]. The molecule has 0 aromatic rings. The molecule has 0 aliphatic rings. The van der Waals surface area contributed by atoms with Gasteiger partial charge in [0.15, 0.2) is 0 Å². The zero-order valence-electron chi connectivity index (χ0n) is 4.99. The van der Waals surface area contributed by atoms with Gasteiger partial charge in [0.05, 0.1) is 0 Å². The molecule has 1 nitrogen and oxygen atoms in total. The zero-order chi connectivity index (χ0) is 3.58. The van der Waals surface area contributed by atoms with Crippen molar-refractivity contribution in [1.29, 1.82) is 0 Å². The Balaban J connectivity index is -0.00000000750. The minimum Gasteiger partial charge on any atom is -1.00 e. The summed E-state index contributed by atoms with van der Waals surface area (Å²) < 4.78 is 0.194. The number of hydrogen-bond donors (Lipinski definition) is 2. The molecule has 0 atom stereocenters. The van der Waals surface area contributed by atoms with Gasteiger partial charge in [0.2, 0.25) is 0 Å². The third-order valence-electron chi connectivity index (χ3n) is 0. The quantitative estimate of drug-likeness (QED) is 0.320. The maximum absolute atomic E-state index is 4.71. The van der Waals surface area contributed by atoms with Crippen molar-refractivity contribution in [3.05, 3.63) is 0 Å². The number of nitrogens with two attached hydrogens (primary N) is 1. The second-order valence-corrected chi connectivity index (χ2v) is 1.56. The summed E-state index contributed by atoms with van der Waals surface area (Å²) in [6.07, 6.45) is 0. The third kappa shape index (κ3) is 37.2. The van der Waals surface area contributed by atoms with Gasteiger partial charge in [-0.05, 0) is 0 Å². The summed E-state index contributed by atoms with van der Waals surface area (Å²) in [6, 6.07) is 0. The molecule has 0 heterocycles. The molecule has 0 radical (unpaired) electrons. The Morgan fingerprint density at radius 1 is 1.83 bits per heavy atom. The van der Waals surface area contributed by atoms with Gasteiger partial charge >= 0.3 is 37.7 Å². The van der Waals surface area contributed by atoms with E-state index in [4.69, 9.17) is 5.73 Å². The van der Waals surface area contributed by atoms with Crippen molar-refractivity contribution in [3.8, 4) is 0 Å². The van der Waals surface area contributed by atoms with Crippen molar-refractivity contribution in [3.63, 3.8) is 0 Å². The molecule has 0 aromatic heterocycles. The van der Waals surface area contributed by atoms with E-state index < -0.39 is 0 Å². The van der Waals surface area contributed by atoms with E-state index in [9.17, 15) is 0 Å². The van der Waals surface area contributed by atoms with Crippen LogP contribution in [0.5, 0.6) is 0 Å². The van der Waals surface area contributed by atoms with Crippen LogP contribution in [-0.2, 0) is 17.1 Å². The topological polar surface area (TPSA) is 26.0 Å². The summed E-state index contributed by atoms with van der Waals surface area (Å²) >= 11 is 7.65. The van der Waals surface area contributed by atoms with Gasteiger partial charge in [-0.3, -0.25) is 0 Å². The summed E-state index contributed by atoms with van der Waals surface area (Å²) in [6.45, 7) is 0. The molecule has 0 aliphatic heterocycles. The zero-order valence-corrected chi connectivity index (χ0v) is 8.02. The van der Waals surface area contributed by atoms with Crippen LogP contribution < -0.4 is 5.73 Å². The second-order valence-electron chi connectivity index (χ2n) is 0.338. The molecule has 0 saturated carbocycles. The Kier molecular flexibility index (Phi) is 26.4. The molecule has 2 N–H and O–H groups in total. The molecule has 0 rings (SSSR count). The first-order valence-corrected chi connectivity index (χ1v) is 1.57. The standard InChI is InChI=1S/CH3NS2.Ca.Fe.2H/c2-1(3)4;;;;/h(H3,2,3,4);;;;/q;+2;;2*-1. The largest absolute Gasteiger partial charge is 2.00 e. The van der Waals surface area contributed by atoms with Crippen LogP contribution in [0.2, 0.25) is 0 Å². The van der Waals surface area contributed by atoms with E-state index >= 15 is 0 Å². The van der Waals surface area contributed by atoms with E-state index in [1.165, 1.54) is 0 Å². The maximum Gasteiger partial charge on any atom is 2.00 e. The minimum atomic E-state index is 0. The van der Waals surface area contributed by atoms with Gasteiger partial charge in [0.1, 0.15) is 4.32 Å². The molecule has 0 bridgehead atoms. The molecular weight excluding hydrogens is 186 g/mol. The van der Waals surface area contributed by atoms with Crippen molar-refractivity contribution in [2.24, 2.45) is 5.73 Å². The normalized spacial score (nSPS) is 4.17. The fourth-order valence-electron chi connectivity index (χ4n) is 0. The van der Waals surface area contributed by atoms with Gasteiger partial charge < -0.3 is 8.59 Å². The maximum atomic E-state index is 4.71. The van der Waals surface area contributed by atoms with Crippen LogP contribution >= 0.6 is 24.8 Å². The van der Waals surface area contributed by atoms with Gasteiger partial charge in [-0.15, -0.1) is 12.6 Å². The molecule has 0 aromatic carbocycles. The molecule has 0 amide bonds. The first-order valence-electron chi connectivity index (χ1n) is 0.716. The predicted octanol–water partition coefficient (Wildman–Crippen LogP) is 0.00150. The van der Waals surface area contributed by atoms with Crippen molar-refractivity contribution < 1.29 is 19.9 Å². The number of rotatable bonds is 0. The Bertz CT molecular complexity index is 43.0. The van der Waals surface area contributed by atoms with E-state index in [0.29, 0.717) is 0 Å². The van der Waals surface area contributed by atoms with E-state index in [2.05, 4.69) is 24.8 Å². The van der Waals surface area contributed by atoms with Gasteiger partial charge in [-0.25, -0.2) is 0 Å². The summed E-state index contributed by atoms with van der Waals surface area (Å²) in [7, 11) is 0. The van der Waals surface area contributed by atoms with E-state index in [-0.39, 0.29) is 62.0 Å². The van der Waals surface area contributed by atoms with Crippen LogP contribution in [0.3, 0.4) is 0 Å². The van der Waals surface area contributed by atoms with Crippen molar-refractivity contribution in [1.82, 2.24) is 0 Å². The summed E-state index contributed by atoms with van der Waals surface area (Å²) in [4.78, 5) is 0. The number of hydrogen-bond acceptors (Lipinski definition) is 1. The van der Waals surface area contributed by atoms with Crippen LogP contribution in [0, 0.1) is 0 Å². The Morgan fingerprint density at radius 3 is 1.83 bits per heavy atom. The molecule has 5 heteroatoms. The van der Waals surface area contributed by atoms with E-state index in [0.717, 1.165) is 0 Å². The number of thiocarbonyl (C=S) groups is 1. The van der Waals surface area contributed by atoms with Crippen LogP contribution in [0.1, 0.15) is 2.85 Å². The fourth-order valence-corrected chi connectivity index (χ4v) is 0. The predicted molar refractivity (Wildman–Crippen MR) is 33.7 cm³/mol. The van der Waals surface area contributed by atoms with Crippen molar-refractivity contribution in [2.75, 3.05) is 0 Å². The molecule has 0 fully saturated rings. The minimum absolute atomic E-state index is 0. The van der Waals surface area contributed by atoms with E-state index in [1.54, 1.807) is 0 Å². The first kappa shape index (κ1) is 15.7. The van der Waals surface area contributed by atoms with Crippen LogP contribution in [0.4, 0.5) is 0 Å². The Labute approximate surface area is 91.3 Å². The van der Waals surface area contributed by atoms with E-state index in [1.807, 2.05) is 0 Å². The molecule has 0 unspecified atom stereocenters. The molecule has 0 saturated heterocycles. The average molecular weight is 191 g/mol. The summed E-state index contributed by atoms with van der Waals surface area (Å²) in [5, 5.41) is 0. The third-order valence-corrected chi connectivity index (χ3v) is 0. The van der Waals surface area contributed by atoms with Crippen LogP contribution in [0.15, 0.2) is 0 Å². The fraction of sp³-hybridized carbons (Fsp3) is 0. The van der Waals surface area contributed by atoms with Crippen LogP contribution in [-0.4, -0.2) is 42.1 Å². The number of thiol groups is 1. The van der Waals surface area contributed by atoms with Gasteiger partial charge in [-0.2, -0.15) is 0 Å². The first-order chi connectivity index (χ1) is 1.73. The average Bonchev–Trinajstić information content (AvgIpc) is 0.811. The molecule has 0 aliphatic carbocycles. The molecule has 6 heavy (non-hydrogen) atoms. The van der Waals surface area contributed by atoms with Crippen molar-refractivity contribution >= 4 is 66.9 Å². The van der Waals surface area contributed by atoms with Gasteiger partial charge in [-0.1, -0.05) is 12.2 Å². The second kappa shape index (κ2) is 10.1. The van der Waals surface area contributed by atoms with Crippen LogP contribution in [0.25, 0.3) is 0 Å². The van der Waals surface area contributed by atoms with Gasteiger partial charge in [0, 0.05) is 17.1 Å². The Morgan fingerprint density at radius 2 is 1.83 bits per heavy atom. The Hall–Kier alpha value is 2.02. The molecule has 36 valence electrons. The smallest absolute Gasteiger partial charge is 1.00 e. The summed E-state index contributed by atoms with van der Waals surface area (Å²) in [5.74, 6) is 0. The summed E-state index contributed by atoms with van der Waals surface area (Å²) in [5.41, 5.74) is 4.71. The monoisotopic (exact) mass is 191 g/mol.